The van der Waals surface area contributed by atoms with Gasteiger partial charge in [-0.2, -0.15) is 0 Å². The fourth-order valence-electron chi connectivity index (χ4n) is 1.90. The van der Waals surface area contributed by atoms with E-state index in [0.717, 1.165) is 32.4 Å². The molecule has 1 saturated carbocycles. The van der Waals surface area contributed by atoms with E-state index in [2.05, 4.69) is 0 Å². The van der Waals surface area contributed by atoms with E-state index in [1.807, 2.05) is 0 Å². The van der Waals surface area contributed by atoms with Crippen LogP contribution in [0.4, 0.5) is 4.79 Å². The van der Waals surface area contributed by atoms with Gasteiger partial charge in [-0.05, 0) is 32.1 Å². The van der Waals surface area contributed by atoms with Crippen molar-refractivity contribution < 1.29 is 9.53 Å². The number of nitrogens with zero attached hydrogens (tertiary/aromatic N) is 1. The molecule has 2 aliphatic rings. The molecule has 74 valence electrons. The average Bonchev–Trinajstić information content (AvgIpc) is 2.02. The maximum Gasteiger partial charge on any atom is 0.410 e. The Morgan fingerprint density at radius 2 is 1.77 bits per heavy atom. The van der Waals surface area contributed by atoms with Gasteiger partial charge in [0.1, 0.15) is 6.10 Å². The summed E-state index contributed by atoms with van der Waals surface area (Å²) in [6.45, 7) is 1.79. The van der Waals surface area contributed by atoms with Gasteiger partial charge < -0.3 is 9.64 Å². The highest BCUT2D eigenvalue weighted by Gasteiger charge is 2.25. The molecule has 1 heterocycles. The van der Waals surface area contributed by atoms with Gasteiger partial charge in [-0.1, -0.05) is 6.42 Å². The van der Waals surface area contributed by atoms with Gasteiger partial charge in [-0.15, -0.1) is 0 Å². The maximum absolute atomic E-state index is 11.4. The molecule has 1 aliphatic heterocycles. The molecule has 0 N–H and O–H groups in total. The maximum atomic E-state index is 11.4. The molecule has 2 rings (SSSR count). The number of likely N-dealkylation sites (tertiary alicyclic amines) is 1. The lowest BCUT2D eigenvalue weighted by Crippen LogP contribution is -2.43. The molecule has 3 nitrogen and oxygen atoms in total. The lowest BCUT2D eigenvalue weighted by Gasteiger charge is -2.32. The summed E-state index contributed by atoms with van der Waals surface area (Å²) in [4.78, 5) is 13.2. The zero-order chi connectivity index (χ0) is 9.10. The molecule has 0 aromatic heterocycles. The van der Waals surface area contributed by atoms with Crippen LogP contribution in [0.5, 0.6) is 0 Å². The molecule has 1 aliphatic carbocycles. The molecule has 0 atom stereocenters. The summed E-state index contributed by atoms with van der Waals surface area (Å²) in [6, 6.07) is 0. The minimum Gasteiger partial charge on any atom is -0.446 e. The van der Waals surface area contributed by atoms with E-state index in [4.69, 9.17) is 4.74 Å². The minimum absolute atomic E-state index is 0.0850. The molecule has 3 heteroatoms. The van der Waals surface area contributed by atoms with Crippen molar-refractivity contribution in [3.05, 3.63) is 0 Å². The second kappa shape index (κ2) is 3.99. The summed E-state index contributed by atoms with van der Waals surface area (Å²) in [5.41, 5.74) is 0. The zero-order valence-corrected chi connectivity index (χ0v) is 8.00. The third-order valence-electron chi connectivity index (χ3n) is 2.93. The van der Waals surface area contributed by atoms with E-state index in [-0.39, 0.29) is 12.2 Å². The Hall–Kier alpha value is -0.730. The van der Waals surface area contributed by atoms with E-state index in [9.17, 15) is 4.79 Å². The quantitative estimate of drug-likeness (QED) is 0.623. The summed E-state index contributed by atoms with van der Waals surface area (Å²) >= 11 is 0. The molecule has 0 bridgehead atoms. The summed E-state index contributed by atoms with van der Waals surface area (Å²) in [6.07, 6.45) is 7.15. The standard InChI is InChI=1S/C10H17NO2/c12-10(11-7-4-8-11)13-9-5-2-1-3-6-9/h9H,1-8H2. The van der Waals surface area contributed by atoms with Crippen LogP contribution in [0.2, 0.25) is 0 Å². The fraction of sp³-hybridized carbons (Fsp3) is 0.900. The molecule has 13 heavy (non-hydrogen) atoms. The first-order chi connectivity index (χ1) is 6.36. The number of hydrogen-bond donors (Lipinski definition) is 0. The predicted molar refractivity (Wildman–Crippen MR) is 49.5 cm³/mol. The summed E-state index contributed by atoms with van der Waals surface area (Å²) in [5, 5.41) is 0. The third-order valence-corrected chi connectivity index (χ3v) is 2.93. The largest absolute Gasteiger partial charge is 0.446 e. The molecule has 1 amide bonds. The summed E-state index contributed by atoms with van der Waals surface area (Å²) in [7, 11) is 0. The first kappa shape index (κ1) is 8.85. The van der Waals surface area contributed by atoms with Crippen LogP contribution in [0.15, 0.2) is 0 Å². The molecule has 2 fully saturated rings. The van der Waals surface area contributed by atoms with Crippen molar-refractivity contribution in [1.82, 2.24) is 4.90 Å². The minimum atomic E-state index is -0.0850. The Morgan fingerprint density at radius 3 is 2.31 bits per heavy atom. The molecule has 0 spiro atoms. The average molecular weight is 183 g/mol. The molecule has 0 aromatic rings. The van der Waals surface area contributed by atoms with E-state index < -0.39 is 0 Å². The zero-order valence-electron chi connectivity index (χ0n) is 8.00. The smallest absolute Gasteiger partial charge is 0.410 e. The van der Waals surface area contributed by atoms with Crippen LogP contribution in [0.3, 0.4) is 0 Å². The van der Waals surface area contributed by atoms with E-state index >= 15 is 0 Å². The van der Waals surface area contributed by atoms with Gasteiger partial charge in [-0.3, -0.25) is 0 Å². The van der Waals surface area contributed by atoms with Gasteiger partial charge in [0.25, 0.3) is 0 Å². The highest BCUT2D eigenvalue weighted by molar-refractivity contribution is 5.68. The van der Waals surface area contributed by atoms with Gasteiger partial charge in [0.15, 0.2) is 0 Å². The van der Waals surface area contributed by atoms with E-state index in [1.54, 1.807) is 4.90 Å². The van der Waals surface area contributed by atoms with Crippen LogP contribution in [0.25, 0.3) is 0 Å². The van der Waals surface area contributed by atoms with Gasteiger partial charge in [0, 0.05) is 13.1 Å². The number of carbonyl (C=O) groups is 1. The SMILES string of the molecule is O=C(OC1CCCCC1)N1CCC1. The second-order valence-electron chi connectivity index (χ2n) is 3.98. The number of ether oxygens (including phenoxy) is 1. The summed E-state index contributed by atoms with van der Waals surface area (Å²) in [5.74, 6) is 0. The topological polar surface area (TPSA) is 29.5 Å². The van der Waals surface area contributed by atoms with Crippen LogP contribution >= 0.6 is 0 Å². The Morgan fingerprint density at radius 1 is 1.08 bits per heavy atom. The molecule has 0 radical (unpaired) electrons. The number of hydrogen-bond acceptors (Lipinski definition) is 2. The molecular weight excluding hydrogens is 166 g/mol. The monoisotopic (exact) mass is 183 g/mol. The van der Waals surface area contributed by atoms with Crippen LogP contribution in [0, 0.1) is 0 Å². The Bertz CT molecular complexity index is 183. The highest BCUT2D eigenvalue weighted by Crippen LogP contribution is 2.21. The first-order valence-electron chi connectivity index (χ1n) is 5.32. The van der Waals surface area contributed by atoms with Crippen molar-refractivity contribution in [2.24, 2.45) is 0 Å². The molecule has 1 saturated heterocycles. The number of carbonyl (C=O) groups excluding carboxylic acids is 1. The molecular formula is C10H17NO2. The van der Waals surface area contributed by atoms with Crippen LogP contribution < -0.4 is 0 Å². The second-order valence-corrected chi connectivity index (χ2v) is 3.98. The van der Waals surface area contributed by atoms with Crippen molar-refractivity contribution in [1.29, 1.82) is 0 Å². The van der Waals surface area contributed by atoms with E-state index in [0.29, 0.717) is 0 Å². The van der Waals surface area contributed by atoms with Crippen LogP contribution in [-0.2, 0) is 4.74 Å². The van der Waals surface area contributed by atoms with Crippen molar-refractivity contribution >= 4 is 6.09 Å². The normalized spacial score (nSPS) is 23.8. The predicted octanol–water partition coefficient (Wildman–Crippen LogP) is 2.16. The van der Waals surface area contributed by atoms with Gasteiger partial charge in [-0.25, -0.2) is 4.79 Å². The fourth-order valence-corrected chi connectivity index (χ4v) is 1.90. The molecule has 0 unspecified atom stereocenters. The Labute approximate surface area is 79.0 Å². The van der Waals surface area contributed by atoms with E-state index in [1.165, 1.54) is 19.3 Å². The van der Waals surface area contributed by atoms with Gasteiger partial charge >= 0.3 is 6.09 Å². The Kier molecular flexibility index (Phi) is 2.71. The van der Waals surface area contributed by atoms with Crippen molar-refractivity contribution in [2.45, 2.75) is 44.6 Å². The molecule has 0 aromatic carbocycles. The highest BCUT2D eigenvalue weighted by atomic mass is 16.6. The summed E-state index contributed by atoms with van der Waals surface area (Å²) < 4.78 is 5.38. The number of rotatable bonds is 1. The lowest BCUT2D eigenvalue weighted by atomic mass is 9.98. The van der Waals surface area contributed by atoms with Crippen molar-refractivity contribution in [3.63, 3.8) is 0 Å². The van der Waals surface area contributed by atoms with Crippen molar-refractivity contribution in [2.75, 3.05) is 13.1 Å². The number of amides is 1. The van der Waals surface area contributed by atoms with Crippen molar-refractivity contribution in [3.8, 4) is 0 Å². The van der Waals surface area contributed by atoms with Crippen LogP contribution in [0.1, 0.15) is 38.5 Å². The van der Waals surface area contributed by atoms with Crippen LogP contribution in [-0.4, -0.2) is 30.2 Å². The lowest BCUT2D eigenvalue weighted by molar-refractivity contribution is 0.0323. The Balaban J connectivity index is 1.72. The van der Waals surface area contributed by atoms with Gasteiger partial charge in [0.05, 0.1) is 0 Å². The first-order valence-corrected chi connectivity index (χ1v) is 5.32. The van der Waals surface area contributed by atoms with Gasteiger partial charge in [0.2, 0.25) is 0 Å². The third kappa shape index (κ3) is 2.14.